The molecule has 0 saturated carbocycles. The number of aliphatic hydroxyl groups excluding tert-OH is 1. The van der Waals surface area contributed by atoms with Crippen LogP contribution < -0.4 is 4.90 Å². The van der Waals surface area contributed by atoms with E-state index in [2.05, 4.69) is 14.9 Å². The van der Waals surface area contributed by atoms with Crippen LogP contribution in [0.3, 0.4) is 0 Å². The van der Waals surface area contributed by atoms with E-state index in [4.69, 9.17) is 11.6 Å². The molecule has 1 saturated heterocycles. The highest BCUT2D eigenvalue weighted by molar-refractivity contribution is 6.29. The van der Waals surface area contributed by atoms with Crippen molar-refractivity contribution in [1.29, 1.82) is 0 Å². The summed E-state index contributed by atoms with van der Waals surface area (Å²) < 4.78 is 0. The molecule has 2 atom stereocenters. The average molecular weight is 242 g/mol. The van der Waals surface area contributed by atoms with Crippen LogP contribution in [0.4, 0.5) is 5.82 Å². The third-order valence-electron chi connectivity index (χ3n) is 3.08. The molecule has 1 aromatic heterocycles. The summed E-state index contributed by atoms with van der Waals surface area (Å²) in [5.41, 5.74) is 0. The second-order valence-corrected chi connectivity index (χ2v) is 4.68. The van der Waals surface area contributed by atoms with Gasteiger partial charge >= 0.3 is 0 Å². The molecule has 4 nitrogen and oxygen atoms in total. The molecule has 1 aliphatic heterocycles. The molecule has 0 spiro atoms. The molecule has 1 N–H and O–H groups in total. The van der Waals surface area contributed by atoms with Crippen LogP contribution in [0.1, 0.15) is 19.8 Å². The smallest absolute Gasteiger partial charge is 0.134 e. The van der Waals surface area contributed by atoms with Crippen LogP contribution in [0.25, 0.3) is 0 Å². The largest absolute Gasteiger partial charge is 0.393 e. The SMILES string of the molecule is CC(O)C1CCCN(c2cc(Cl)ncn2)C1. The van der Waals surface area contributed by atoms with Crippen molar-refractivity contribution in [2.24, 2.45) is 5.92 Å². The second-order valence-electron chi connectivity index (χ2n) is 4.29. The number of nitrogens with zero attached hydrogens (tertiary/aromatic N) is 3. The Morgan fingerprint density at radius 1 is 1.56 bits per heavy atom. The van der Waals surface area contributed by atoms with E-state index < -0.39 is 0 Å². The minimum Gasteiger partial charge on any atom is -0.393 e. The maximum absolute atomic E-state index is 9.61. The molecule has 88 valence electrons. The van der Waals surface area contributed by atoms with Crippen molar-refractivity contribution in [3.63, 3.8) is 0 Å². The molecular weight excluding hydrogens is 226 g/mol. The van der Waals surface area contributed by atoms with E-state index in [0.29, 0.717) is 11.1 Å². The predicted octanol–water partition coefficient (Wildman–Crippen LogP) is 1.73. The summed E-state index contributed by atoms with van der Waals surface area (Å²) >= 11 is 5.84. The van der Waals surface area contributed by atoms with E-state index in [1.807, 2.05) is 6.92 Å². The number of rotatable bonds is 2. The van der Waals surface area contributed by atoms with Crippen LogP contribution >= 0.6 is 11.6 Å². The van der Waals surface area contributed by atoms with Gasteiger partial charge in [0, 0.05) is 25.1 Å². The van der Waals surface area contributed by atoms with Gasteiger partial charge in [0.1, 0.15) is 17.3 Å². The Kier molecular flexibility index (Phi) is 3.61. The number of anilines is 1. The average Bonchev–Trinajstić information content (AvgIpc) is 2.29. The van der Waals surface area contributed by atoms with Gasteiger partial charge in [0.05, 0.1) is 6.10 Å². The molecule has 1 aromatic rings. The van der Waals surface area contributed by atoms with Crippen molar-refractivity contribution in [2.45, 2.75) is 25.9 Å². The normalized spacial score (nSPS) is 23.2. The third-order valence-corrected chi connectivity index (χ3v) is 3.29. The van der Waals surface area contributed by atoms with Gasteiger partial charge in [-0.15, -0.1) is 0 Å². The Bertz CT molecular complexity index is 359. The van der Waals surface area contributed by atoms with Crippen LogP contribution in [0.2, 0.25) is 5.15 Å². The molecule has 0 aromatic carbocycles. The van der Waals surface area contributed by atoms with E-state index in [-0.39, 0.29) is 6.10 Å². The lowest BCUT2D eigenvalue weighted by molar-refractivity contribution is 0.115. The van der Waals surface area contributed by atoms with Gasteiger partial charge in [0.15, 0.2) is 0 Å². The Morgan fingerprint density at radius 2 is 2.38 bits per heavy atom. The van der Waals surface area contributed by atoms with Gasteiger partial charge in [-0.3, -0.25) is 0 Å². The number of halogens is 1. The predicted molar refractivity (Wildman–Crippen MR) is 63.7 cm³/mol. The summed E-state index contributed by atoms with van der Waals surface area (Å²) in [6.07, 6.45) is 3.37. The van der Waals surface area contributed by atoms with Crippen LogP contribution in [0.5, 0.6) is 0 Å². The molecule has 2 heterocycles. The van der Waals surface area contributed by atoms with Gasteiger partial charge in [-0.1, -0.05) is 11.6 Å². The van der Waals surface area contributed by atoms with Gasteiger partial charge in [0.25, 0.3) is 0 Å². The molecule has 2 unspecified atom stereocenters. The molecule has 5 heteroatoms. The first-order valence-corrected chi connectivity index (χ1v) is 5.95. The summed E-state index contributed by atoms with van der Waals surface area (Å²) in [6, 6.07) is 1.77. The van der Waals surface area contributed by atoms with Crippen molar-refractivity contribution < 1.29 is 5.11 Å². The first-order valence-electron chi connectivity index (χ1n) is 5.57. The van der Waals surface area contributed by atoms with Crippen LogP contribution in [-0.4, -0.2) is 34.3 Å². The van der Waals surface area contributed by atoms with Crippen molar-refractivity contribution in [1.82, 2.24) is 9.97 Å². The highest BCUT2D eigenvalue weighted by Gasteiger charge is 2.24. The highest BCUT2D eigenvalue weighted by Crippen LogP contribution is 2.24. The van der Waals surface area contributed by atoms with Crippen molar-refractivity contribution in [3.8, 4) is 0 Å². The van der Waals surface area contributed by atoms with Crippen molar-refractivity contribution >= 4 is 17.4 Å². The zero-order valence-corrected chi connectivity index (χ0v) is 10.1. The van der Waals surface area contributed by atoms with Crippen molar-refractivity contribution in [2.75, 3.05) is 18.0 Å². The fourth-order valence-electron chi connectivity index (χ4n) is 2.11. The standard InChI is InChI=1S/C11H16ClN3O/c1-8(16)9-3-2-4-15(6-9)11-5-10(12)13-7-14-11/h5,7-9,16H,2-4,6H2,1H3. The van der Waals surface area contributed by atoms with E-state index >= 15 is 0 Å². The molecule has 1 fully saturated rings. The number of aromatic nitrogens is 2. The maximum atomic E-state index is 9.61. The summed E-state index contributed by atoms with van der Waals surface area (Å²) in [4.78, 5) is 10.2. The summed E-state index contributed by atoms with van der Waals surface area (Å²) in [7, 11) is 0. The molecule has 0 bridgehead atoms. The number of aliphatic hydroxyl groups is 1. The van der Waals surface area contributed by atoms with Crippen LogP contribution in [-0.2, 0) is 0 Å². The van der Waals surface area contributed by atoms with Gasteiger partial charge < -0.3 is 10.0 Å². The molecule has 0 radical (unpaired) electrons. The lowest BCUT2D eigenvalue weighted by Crippen LogP contribution is -2.39. The Hall–Kier alpha value is -0.870. The van der Waals surface area contributed by atoms with Gasteiger partial charge in [0.2, 0.25) is 0 Å². The highest BCUT2D eigenvalue weighted by atomic mass is 35.5. The van der Waals surface area contributed by atoms with E-state index in [1.165, 1.54) is 6.33 Å². The zero-order chi connectivity index (χ0) is 11.5. The van der Waals surface area contributed by atoms with Gasteiger partial charge in [-0.05, 0) is 19.8 Å². The quantitative estimate of drug-likeness (QED) is 0.802. The Balaban J connectivity index is 2.09. The minimum absolute atomic E-state index is 0.264. The van der Waals surface area contributed by atoms with E-state index in [9.17, 15) is 5.11 Å². The Morgan fingerprint density at radius 3 is 3.06 bits per heavy atom. The zero-order valence-electron chi connectivity index (χ0n) is 9.30. The van der Waals surface area contributed by atoms with E-state index in [0.717, 1.165) is 31.7 Å². The third kappa shape index (κ3) is 2.62. The topological polar surface area (TPSA) is 49.2 Å². The summed E-state index contributed by atoms with van der Waals surface area (Å²) in [5.74, 6) is 1.17. The molecule has 0 amide bonds. The molecule has 1 aliphatic rings. The first-order chi connectivity index (χ1) is 7.66. The monoisotopic (exact) mass is 241 g/mol. The first kappa shape index (κ1) is 11.6. The van der Waals surface area contributed by atoms with Gasteiger partial charge in [-0.2, -0.15) is 0 Å². The lowest BCUT2D eigenvalue weighted by atomic mass is 9.93. The summed E-state index contributed by atoms with van der Waals surface area (Å²) in [5, 5.41) is 10.1. The lowest BCUT2D eigenvalue weighted by Gasteiger charge is -2.34. The fourth-order valence-corrected chi connectivity index (χ4v) is 2.25. The molecule has 16 heavy (non-hydrogen) atoms. The van der Waals surface area contributed by atoms with Crippen molar-refractivity contribution in [3.05, 3.63) is 17.5 Å². The number of hydrogen-bond acceptors (Lipinski definition) is 4. The number of piperidine rings is 1. The maximum Gasteiger partial charge on any atom is 0.134 e. The van der Waals surface area contributed by atoms with Crippen LogP contribution in [0, 0.1) is 5.92 Å². The minimum atomic E-state index is -0.264. The molecule has 2 rings (SSSR count). The van der Waals surface area contributed by atoms with Crippen LogP contribution in [0.15, 0.2) is 12.4 Å². The Labute approximate surface area is 100 Å². The molecule has 0 aliphatic carbocycles. The fraction of sp³-hybridized carbons (Fsp3) is 0.636. The second kappa shape index (κ2) is 4.97. The summed E-state index contributed by atoms with van der Waals surface area (Å²) in [6.45, 7) is 3.66. The van der Waals surface area contributed by atoms with Gasteiger partial charge in [-0.25, -0.2) is 9.97 Å². The number of hydrogen-bond donors (Lipinski definition) is 1. The van der Waals surface area contributed by atoms with E-state index in [1.54, 1.807) is 6.07 Å². The molecular formula is C11H16ClN3O.